The van der Waals surface area contributed by atoms with Crippen LogP contribution in [0.25, 0.3) is 0 Å². The van der Waals surface area contributed by atoms with Crippen LogP contribution in [-0.4, -0.2) is 36.9 Å². The lowest BCUT2D eigenvalue weighted by atomic mass is 10.1. The molecule has 0 heterocycles. The van der Waals surface area contributed by atoms with Crippen molar-refractivity contribution in [2.75, 3.05) is 6.26 Å². The molecule has 2 unspecified atom stereocenters. The van der Waals surface area contributed by atoms with Gasteiger partial charge < -0.3 is 11.1 Å². The fourth-order valence-electron chi connectivity index (χ4n) is 1.05. The van der Waals surface area contributed by atoms with Crippen LogP contribution >= 0.6 is 12.2 Å². The summed E-state index contributed by atoms with van der Waals surface area (Å²) in [6.45, 7) is 3.23. The monoisotopic (exact) mass is 266 g/mol. The maximum Gasteiger partial charge on any atom is 0.238 e. The molecule has 7 heteroatoms. The quantitative estimate of drug-likeness (QED) is 0.660. The van der Waals surface area contributed by atoms with Gasteiger partial charge in [-0.1, -0.05) is 19.1 Å². The van der Waals surface area contributed by atoms with E-state index in [1.54, 1.807) is 0 Å². The maximum atomic E-state index is 11.6. The highest BCUT2D eigenvalue weighted by Gasteiger charge is 2.25. The van der Waals surface area contributed by atoms with Crippen molar-refractivity contribution >= 4 is 33.0 Å². The van der Waals surface area contributed by atoms with Crippen molar-refractivity contribution in [2.45, 2.75) is 38.0 Å². The van der Waals surface area contributed by atoms with E-state index < -0.39 is 21.0 Å². The Kier molecular flexibility index (Phi) is 5.88. The van der Waals surface area contributed by atoms with Gasteiger partial charge in [-0.3, -0.25) is 4.79 Å². The first-order valence-electron chi connectivity index (χ1n) is 4.96. The highest BCUT2D eigenvalue weighted by atomic mass is 32.2. The average Bonchev–Trinajstić information content (AvgIpc) is 2.13. The third kappa shape index (κ3) is 5.41. The second kappa shape index (κ2) is 6.15. The third-order valence-corrected chi connectivity index (χ3v) is 3.96. The molecule has 0 bridgehead atoms. The van der Waals surface area contributed by atoms with Gasteiger partial charge in [-0.25, -0.2) is 8.42 Å². The molecule has 0 saturated heterocycles. The van der Waals surface area contributed by atoms with Gasteiger partial charge in [0, 0.05) is 18.7 Å². The van der Waals surface area contributed by atoms with Crippen molar-refractivity contribution in [1.29, 1.82) is 0 Å². The summed E-state index contributed by atoms with van der Waals surface area (Å²) in [7, 11) is -3.36. The lowest BCUT2D eigenvalue weighted by molar-refractivity contribution is -0.121. The smallest absolute Gasteiger partial charge is 0.238 e. The van der Waals surface area contributed by atoms with Gasteiger partial charge in [-0.2, -0.15) is 0 Å². The van der Waals surface area contributed by atoms with Gasteiger partial charge in [0.15, 0.2) is 9.84 Å². The second-order valence-electron chi connectivity index (χ2n) is 3.76. The molecule has 0 aromatic carbocycles. The molecule has 1 amide bonds. The minimum absolute atomic E-state index is 0.200. The number of hydrogen-bond donors (Lipinski definition) is 2. The Morgan fingerprint density at radius 2 is 2.00 bits per heavy atom. The van der Waals surface area contributed by atoms with Crippen molar-refractivity contribution in [3.05, 3.63) is 0 Å². The zero-order valence-electron chi connectivity index (χ0n) is 9.69. The molecule has 0 spiro atoms. The number of carbonyl (C=O) groups excluding carboxylic acids is 1. The van der Waals surface area contributed by atoms with Gasteiger partial charge >= 0.3 is 0 Å². The van der Waals surface area contributed by atoms with Crippen LogP contribution in [-0.2, 0) is 14.6 Å². The van der Waals surface area contributed by atoms with Crippen LogP contribution in [0.1, 0.15) is 26.7 Å². The number of carbonyl (C=O) groups is 1. The van der Waals surface area contributed by atoms with Gasteiger partial charge in [-0.15, -0.1) is 0 Å². The molecule has 94 valence electrons. The van der Waals surface area contributed by atoms with E-state index in [9.17, 15) is 13.2 Å². The summed E-state index contributed by atoms with van der Waals surface area (Å²) in [6.07, 6.45) is 2.07. The van der Waals surface area contributed by atoms with Crippen molar-refractivity contribution < 1.29 is 13.2 Å². The first-order valence-corrected chi connectivity index (χ1v) is 7.32. The van der Waals surface area contributed by atoms with E-state index in [1.807, 2.05) is 6.92 Å². The van der Waals surface area contributed by atoms with E-state index in [2.05, 4.69) is 5.32 Å². The molecule has 16 heavy (non-hydrogen) atoms. The van der Waals surface area contributed by atoms with E-state index in [0.29, 0.717) is 17.8 Å². The fraction of sp³-hybridized carbons (Fsp3) is 0.778. The van der Waals surface area contributed by atoms with Gasteiger partial charge in [0.2, 0.25) is 5.91 Å². The predicted molar refractivity (Wildman–Crippen MR) is 67.9 cm³/mol. The largest absolute Gasteiger partial charge is 0.393 e. The molecule has 0 rings (SSSR count). The summed E-state index contributed by atoms with van der Waals surface area (Å²) in [5.41, 5.74) is 5.37. The minimum atomic E-state index is -3.36. The van der Waals surface area contributed by atoms with Crippen LogP contribution in [0.4, 0.5) is 0 Å². The molecule has 0 aromatic heterocycles. The number of amides is 1. The Balaban J connectivity index is 4.48. The summed E-state index contributed by atoms with van der Waals surface area (Å²) in [5, 5.41) is 1.57. The normalized spacial score (nSPS) is 15.2. The Morgan fingerprint density at radius 3 is 2.31 bits per heavy atom. The molecule has 0 aliphatic rings. The SMILES string of the molecule is CCC(CC(N)=S)NC(=O)C(C)S(C)(=O)=O. The summed E-state index contributed by atoms with van der Waals surface area (Å²) in [6, 6.07) is -0.200. The molecular formula is C9H18N2O3S2. The molecular weight excluding hydrogens is 248 g/mol. The number of rotatable bonds is 6. The molecule has 0 radical (unpaired) electrons. The van der Waals surface area contributed by atoms with Gasteiger partial charge in [0.05, 0.1) is 4.99 Å². The van der Waals surface area contributed by atoms with Crippen molar-refractivity contribution in [3.63, 3.8) is 0 Å². The zero-order chi connectivity index (χ0) is 12.9. The average molecular weight is 266 g/mol. The summed E-state index contributed by atoms with van der Waals surface area (Å²) in [5.74, 6) is -0.509. The molecule has 5 nitrogen and oxygen atoms in total. The van der Waals surface area contributed by atoms with E-state index in [4.69, 9.17) is 18.0 Å². The van der Waals surface area contributed by atoms with Crippen molar-refractivity contribution in [1.82, 2.24) is 5.32 Å². The maximum absolute atomic E-state index is 11.6. The Hall–Kier alpha value is -0.690. The van der Waals surface area contributed by atoms with Crippen molar-refractivity contribution in [3.8, 4) is 0 Å². The minimum Gasteiger partial charge on any atom is -0.393 e. The highest BCUT2D eigenvalue weighted by Crippen LogP contribution is 2.02. The third-order valence-electron chi connectivity index (χ3n) is 2.30. The summed E-state index contributed by atoms with van der Waals surface area (Å²) < 4.78 is 22.3. The highest BCUT2D eigenvalue weighted by molar-refractivity contribution is 7.92. The number of thiocarbonyl (C=S) groups is 1. The Bertz CT molecular complexity index is 365. The molecule has 0 aliphatic heterocycles. The summed E-state index contributed by atoms with van der Waals surface area (Å²) in [4.78, 5) is 11.9. The Morgan fingerprint density at radius 1 is 1.50 bits per heavy atom. The van der Waals surface area contributed by atoms with E-state index in [1.165, 1.54) is 6.92 Å². The number of nitrogens with two attached hydrogens (primary N) is 1. The lowest BCUT2D eigenvalue weighted by Gasteiger charge is -2.18. The van der Waals surface area contributed by atoms with E-state index in [-0.39, 0.29) is 6.04 Å². The fourth-order valence-corrected chi connectivity index (χ4v) is 1.71. The van der Waals surface area contributed by atoms with Gasteiger partial charge in [-0.05, 0) is 13.3 Å². The van der Waals surface area contributed by atoms with Crippen LogP contribution < -0.4 is 11.1 Å². The second-order valence-corrected chi connectivity index (χ2v) is 6.65. The lowest BCUT2D eigenvalue weighted by Crippen LogP contribution is -2.44. The molecule has 0 fully saturated rings. The van der Waals surface area contributed by atoms with Crippen LogP contribution in [0.15, 0.2) is 0 Å². The van der Waals surface area contributed by atoms with Crippen LogP contribution in [0.3, 0.4) is 0 Å². The molecule has 2 atom stereocenters. The van der Waals surface area contributed by atoms with Crippen LogP contribution in [0.5, 0.6) is 0 Å². The standard InChI is InChI=1S/C9H18N2O3S2/c1-4-7(5-8(10)15)11-9(12)6(2)16(3,13)14/h6-7H,4-5H2,1-3H3,(H2,10,15)(H,11,12). The van der Waals surface area contributed by atoms with Crippen LogP contribution in [0.2, 0.25) is 0 Å². The predicted octanol–water partition coefficient (Wildman–Crippen LogP) is -0.00950. The molecule has 0 aromatic rings. The molecule has 0 aliphatic carbocycles. The molecule has 0 saturated carbocycles. The first kappa shape index (κ1) is 15.3. The zero-order valence-corrected chi connectivity index (χ0v) is 11.3. The van der Waals surface area contributed by atoms with E-state index in [0.717, 1.165) is 6.26 Å². The Labute approximate surface area is 102 Å². The summed E-state index contributed by atoms with van der Waals surface area (Å²) >= 11 is 4.74. The molecule has 3 N–H and O–H groups in total. The van der Waals surface area contributed by atoms with E-state index >= 15 is 0 Å². The van der Waals surface area contributed by atoms with Crippen molar-refractivity contribution in [2.24, 2.45) is 5.73 Å². The van der Waals surface area contributed by atoms with Gasteiger partial charge in [0.1, 0.15) is 5.25 Å². The number of hydrogen-bond acceptors (Lipinski definition) is 4. The number of sulfone groups is 1. The van der Waals surface area contributed by atoms with Crippen LogP contribution in [0, 0.1) is 0 Å². The number of nitrogens with one attached hydrogen (secondary N) is 1. The van der Waals surface area contributed by atoms with Gasteiger partial charge in [0.25, 0.3) is 0 Å². The topological polar surface area (TPSA) is 89.3 Å². The first-order chi connectivity index (χ1) is 7.18.